The van der Waals surface area contributed by atoms with E-state index in [2.05, 4.69) is 18.7 Å². The first-order chi connectivity index (χ1) is 19.7. The number of ketones is 5. The van der Waals surface area contributed by atoms with E-state index < -0.39 is 70.1 Å². The summed E-state index contributed by atoms with van der Waals surface area (Å²) >= 11 is 0. The van der Waals surface area contributed by atoms with Crippen LogP contribution in [0.1, 0.15) is 46.5 Å². The molecular formula is C30H38N4O8. The van der Waals surface area contributed by atoms with Crippen LogP contribution in [0.3, 0.4) is 0 Å². The number of benzene rings is 1. The van der Waals surface area contributed by atoms with Crippen molar-refractivity contribution in [1.82, 2.24) is 14.7 Å². The van der Waals surface area contributed by atoms with Gasteiger partial charge < -0.3 is 15.9 Å². The number of hydrogen-bond acceptors (Lipinski definition) is 11. The predicted molar refractivity (Wildman–Crippen MR) is 149 cm³/mol. The van der Waals surface area contributed by atoms with Crippen molar-refractivity contribution in [2.45, 2.75) is 44.4 Å². The number of phenolic OH excluding ortho intramolecular Hbond substituents is 1. The zero-order chi connectivity index (χ0) is 30.8. The fourth-order valence-electron chi connectivity index (χ4n) is 7.59. The fraction of sp³-hybridized carbons (Fsp3) is 0.600. The van der Waals surface area contributed by atoms with Crippen molar-refractivity contribution in [1.29, 1.82) is 0 Å². The Morgan fingerprint density at radius 1 is 1.07 bits per heavy atom. The zero-order valence-electron chi connectivity index (χ0n) is 24.3. The normalized spacial score (nSPS) is 32.1. The summed E-state index contributed by atoms with van der Waals surface area (Å²) in [5, 5.41) is 22.4. The minimum absolute atomic E-state index is 0.0580. The highest BCUT2D eigenvalue weighted by molar-refractivity contribution is 6.32. The highest BCUT2D eigenvalue weighted by Crippen LogP contribution is 2.51. The topological polar surface area (TPSA) is 179 Å². The molecule has 1 aromatic carbocycles. The average molecular weight is 583 g/mol. The van der Waals surface area contributed by atoms with Crippen molar-refractivity contribution in [3.05, 3.63) is 28.8 Å². The Morgan fingerprint density at radius 2 is 1.71 bits per heavy atom. The fourth-order valence-corrected chi connectivity index (χ4v) is 7.59. The number of Topliss-reactive ketones (excluding diaryl/α,β-unsaturated/α-hetero) is 5. The Morgan fingerprint density at radius 3 is 2.29 bits per heavy atom. The van der Waals surface area contributed by atoms with Crippen molar-refractivity contribution in [2.24, 2.45) is 29.4 Å². The molecule has 4 N–H and O–H groups in total. The summed E-state index contributed by atoms with van der Waals surface area (Å²) in [5.41, 5.74) is 3.01. The van der Waals surface area contributed by atoms with Crippen molar-refractivity contribution >= 4 is 34.8 Å². The van der Waals surface area contributed by atoms with Gasteiger partial charge >= 0.3 is 0 Å². The number of likely N-dealkylation sites (N-methyl/N-ethyl adjacent to an activating group) is 1. The van der Waals surface area contributed by atoms with Gasteiger partial charge in [0.2, 0.25) is 5.91 Å². The molecule has 1 saturated heterocycles. The number of aliphatic hydroxyl groups is 1. The molecule has 12 heteroatoms. The molecule has 226 valence electrons. The number of rotatable bonds is 6. The minimum atomic E-state index is -2.78. The molecular weight excluding hydrogens is 544 g/mol. The molecule has 1 aromatic rings. The van der Waals surface area contributed by atoms with E-state index in [0.717, 1.165) is 13.1 Å². The van der Waals surface area contributed by atoms with Crippen molar-refractivity contribution < 1.29 is 39.0 Å². The Hall–Kier alpha value is -3.32. The van der Waals surface area contributed by atoms with Gasteiger partial charge in [0.15, 0.2) is 40.4 Å². The van der Waals surface area contributed by atoms with E-state index in [0.29, 0.717) is 24.7 Å². The first-order valence-corrected chi connectivity index (χ1v) is 14.4. The maximum absolute atomic E-state index is 13.9. The summed E-state index contributed by atoms with van der Waals surface area (Å²) in [6.07, 6.45) is -0.00716. The SMILES string of the molecule is CC(C)N1CCN(CC(=O)c2ccc(O)c3c2C[C@H]2C[C@H]4[C@H](N(C)C)C(=O)C(C(N)=O)C(=O)[C@@]4(O)C(=O)C2C3=O)CC1. The summed E-state index contributed by atoms with van der Waals surface area (Å²) in [4.78, 5) is 85.9. The molecule has 4 aliphatic rings. The quantitative estimate of drug-likeness (QED) is 0.279. The molecule has 12 nitrogen and oxygen atoms in total. The molecule has 3 fully saturated rings. The van der Waals surface area contributed by atoms with Gasteiger partial charge in [-0.05, 0) is 64.4 Å². The third-order valence-electron chi connectivity index (χ3n) is 9.75. The third kappa shape index (κ3) is 4.52. The second kappa shape index (κ2) is 10.7. The Kier molecular flexibility index (Phi) is 7.71. The number of primary amides is 1. The monoisotopic (exact) mass is 582 g/mol. The van der Waals surface area contributed by atoms with Crippen LogP contribution in [-0.4, -0.2) is 124 Å². The smallest absolute Gasteiger partial charge is 0.235 e. The Labute approximate surface area is 243 Å². The molecule has 0 bridgehead atoms. The summed E-state index contributed by atoms with van der Waals surface area (Å²) in [5.74, 6) is -11.4. The second-order valence-electron chi connectivity index (χ2n) is 12.6. The summed E-state index contributed by atoms with van der Waals surface area (Å²) in [6, 6.07) is 1.97. The van der Waals surface area contributed by atoms with E-state index in [1.54, 1.807) is 0 Å². The number of nitrogens with two attached hydrogens (primary N) is 1. The maximum atomic E-state index is 13.9. The molecule has 6 atom stereocenters. The van der Waals surface area contributed by atoms with Gasteiger partial charge in [0.25, 0.3) is 0 Å². The van der Waals surface area contributed by atoms with E-state index in [9.17, 15) is 39.0 Å². The second-order valence-corrected chi connectivity index (χ2v) is 12.6. The van der Waals surface area contributed by atoms with E-state index in [1.807, 2.05) is 4.90 Å². The molecule has 42 heavy (non-hydrogen) atoms. The number of phenols is 1. The lowest BCUT2D eigenvalue weighted by Crippen LogP contribution is -2.74. The van der Waals surface area contributed by atoms with Crippen LogP contribution in [0, 0.1) is 23.7 Å². The maximum Gasteiger partial charge on any atom is 0.235 e. The highest BCUT2D eigenvalue weighted by atomic mass is 16.3. The number of carbonyl (C=O) groups excluding carboxylic acids is 6. The lowest BCUT2D eigenvalue weighted by Gasteiger charge is -2.52. The number of aromatic hydroxyl groups is 1. The van der Waals surface area contributed by atoms with Crippen LogP contribution >= 0.6 is 0 Å². The van der Waals surface area contributed by atoms with Gasteiger partial charge in [-0.2, -0.15) is 0 Å². The van der Waals surface area contributed by atoms with E-state index in [-0.39, 0.29) is 36.3 Å². The van der Waals surface area contributed by atoms with Crippen molar-refractivity contribution in [3.63, 3.8) is 0 Å². The summed E-state index contributed by atoms with van der Waals surface area (Å²) in [6.45, 7) is 7.46. The molecule has 0 aromatic heterocycles. The number of hydrogen-bond donors (Lipinski definition) is 3. The van der Waals surface area contributed by atoms with Crippen LogP contribution in [-0.2, 0) is 25.6 Å². The van der Waals surface area contributed by atoms with E-state index in [4.69, 9.17) is 5.73 Å². The molecule has 2 unspecified atom stereocenters. The number of carbonyl (C=O) groups is 6. The lowest BCUT2D eigenvalue weighted by molar-refractivity contribution is -0.181. The molecule has 1 aliphatic heterocycles. The molecule has 1 heterocycles. The van der Waals surface area contributed by atoms with Crippen LogP contribution in [0.5, 0.6) is 5.75 Å². The minimum Gasteiger partial charge on any atom is -0.507 e. The largest absolute Gasteiger partial charge is 0.507 e. The standard InChI is InChI=1S/C30H38N4O8/c1-14(2)34-9-7-33(8-10-34)13-20(36)16-5-6-19(35)22-17(16)11-15-12-18-24(32(3)4)26(38)23(29(31)41)28(40)30(18,42)27(39)21(15)25(22)37/h5-6,14-15,18,21,23-24,35,42H,7-13H2,1-4H3,(H2,31,41)/t15-,18-,21?,23?,24-,30-/m0/s1. The van der Waals surface area contributed by atoms with Crippen LogP contribution in [0.15, 0.2) is 12.1 Å². The van der Waals surface area contributed by atoms with Crippen LogP contribution in [0.25, 0.3) is 0 Å². The number of fused-ring (bicyclic) bond motifs is 3. The Balaban J connectivity index is 1.49. The molecule has 0 radical (unpaired) electrons. The van der Waals surface area contributed by atoms with Crippen molar-refractivity contribution in [3.8, 4) is 5.75 Å². The van der Waals surface area contributed by atoms with Gasteiger partial charge in [-0.15, -0.1) is 0 Å². The van der Waals surface area contributed by atoms with E-state index >= 15 is 0 Å². The number of nitrogens with zero attached hydrogens (tertiary/aromatic N) is 3. The number of piperazine rings is 1. The summed E-state index contributed by atoms with van der Waals surface area (Å²) < 4.78 is 0. The Bertz CT molecular complexity index is 1380. The van der Waals surface area contributed by atoms with Gasteiger partial charge in [0.1, 0.15) is 5.75 Å². The first kappa shape index (κ1) is 30.1. The molecule has 3 aliphatic carbocycles. The zero-order valence-corrected chi connectivity index (χ0v) is 24.3. The van der Waals surface area contributed by atoms with Crippen molar-refractivity contribution in [2.75, 3.05) is 46.8 Å². The van der Waals surface area contributed by atoms with Gasteiger partial charge in [-0.1, -0.05) is 0 Å². The van der Waals surface area contributed by atoms with Gasteiger partial charge in [-0.25, -0.2) is 0 Å². The third-order valence-corrected chi connectivity index (χ3v) is 9.75. The summed E-state index contributed by atoms with van der Waals surface area (Å²) in [7, 11) is 3.06. The average Bonchev–Trinajstić information content (AvgIpc) is 2.90. The van der Waals surface area contributed by atoms with Crippen LogP contribution in [0.4, 0.5) is 0 Å². The number of amides is 1. The predicted octanol–water partition coefficient (Wildman–Crippen LogP) is -0.924. The highest BCUT2D eigenvalue weighted by Gasteiger charge is 2.69. The molecule has 1 amide bonds. The van der Waals surface area contributed by atoms with Crippen LogP contribution < -0.4 is 5.73 Å². The first-order valence-electron chi connectivity index (χ1n) is 14.4. The molecule has 5 rings (SSSR count). The lowest BCUT2D eigenvalue weighted by atomic mass is 9.52. The van der Waals surface area contributed by atoms with Crippen LogP contribution in [0.2, 0.25) is 0 Å². The van der Waals surface area contributed by atoms with Gasteiger partial charge in [0.05, 0.1) is 24.1 Å². The molecule has 0 spiro atoms. The van der Waals surface area contributed by atoms with Gasteiger partial charge in [0, 0.05) is 43.7 Å². The molecule has 2 saturated carbocycles. The van der Waals surface area contributed by atoms with E-state index in [1.165, 1.54) is 31.1 Å². The van der Waals surface area contributed by atoms with Gasteiger partial charge in [-0.3, -0.25) is 43.5 Å².